The van der Waals surface area contributed by atoms with E-state index in [0.717, 1.165) is 0 Å². The van der Waals surface area contributed by atoms with Crippen molar-refractivity contribution in [2.45, 2.75) is 25.7 Å². The molecule has 124 valence electrons. The average molecular weight is 335 g/mol. The van der Waals surface area contributed by atoms with E-state index in [9.17, 15) is 13.2 Å². The molecule has 1 amide bonds. The second kappa shape index (κ2) is 6.30. The first-order valence-electron chi connectivity index (χ1n) is 7.46. The third-order valence-electron chi connectivity index (χ3n) is 3.77. The smallest absolute Gasteiger partial charge is 0.243 e. The molecule has 0 aromatic heterocycles. The molecular weight excluding hydrogens is 314 g/mol. The molecule has 1 heterocycles. The van der Waals surface area contributed by atoms with Crippen molar-refractivity contribution in [2.24, 2.45) is 5.41 Å². The lowest BCUT2D eigenvalue weighted by molar-refractivity contribution is -0.140. The van der Waals surface area contributed by atoms with Crippen LogP contribution in [-0.4, -0.2) is 49.7 Å². The van der Waals surface area contributed by atoms with Gasteiger partial charge in [0.15, 0.2) is 0 Å². The summed E-state index contributed by atoms with van der Waals surface area (Å²) in [6.45, 7) is 6.85. The molecular formula is C16H21N3O3S. The van der Waals surface area contributed by atoms with Gasteiger partial charge >= 0.3 is 0 Å². The Morgan fingerprint density at radius 3 is 2.30 bits per heavy atom. The van der Waals surface area contributed by atoms with Gasteiger partial charge in [0.2, 0.25) is 15.9 Å². The van der Waals surface area contributed by atoms with Gasteiger partial charge in [0.25, 0.3) is 0 Å². The Morgan fingerprint density at radius 1 is 1.17 bits per heavy atom. The number of sulfonamides is 1. The highest BCUT2D eigenvalue weighted by molar-refractivity contribution is 7.89. The Kier molecular flexibility index (Phi) is 4.78. The first-order valence-corrected chi connectivity index (χ1v) is 8.90. The molecule has 1 aliphatic heterocycles. The maximum absolute atomic E-state index is 12.6. The Morgan fingerprint density at radius 2 is 1.78 bits per heavy atom. The summed E-state index contributed by atoms with van der Waals surface area (Å²) in [5, 5.41) is 8.91. The minimum absolute atomic E-state index is 0.0287. The zero-order valence-electron chi connectivity index (χ0n) is 13.6. The summed E-state index contributed by atoms with van der Waals surface area (Å²) in [5.41, 5.74) is -0.157. The lowest BCUT2D eigenvalue weighted by Gasteiger charge is -2.37. The largest absolute Gasteiger partial charge is 0.340 e. The molecule has 23 heavy (non-hydrogen) atoms. The van der Waals surface area contributed by atoms with Crippen LogP contribution >= 0.6 is 0 Å². The van der Waals surface area contributed by atoms with Crippen molar-refractivity contribution in [3.8, 4) is 6.07 Å². The van der Waals surface area contributed by atoms with Gasteiger partial charge in [0.1, 0.15) is 0 Å². The van der Waals surface area contributed by atoms with Crippen LogP contribution in [0.4, 0.5) is 0 Å². The lowest BCUT2D eigenvalue weighted by Crippen LogP contribution is -2.52. The van der Waals surface area contributed by atoms with Gasteiger partial charge in [-0.1, -0.05) is 26.8 Å². The highest BCUT2D eigenvalue weighted by Crippen LogP contribution is 2.22. The minimum atomic E-state index is -3.63. The molecule has 6 nitrogen and oxygen atoms in total. The first-order chi connectivity index (χ1) is 10.7. The predicted molar refractivity (Wildman–Crippen MR) is 86.0 cm³/mol. The van der Waals surface area contributed by atoms with E-state index in [1.54, 1.807) is 17.0 Å². The van der Waals surface area contributed by atoms with Crippen molar-refractivity contribution in [3.63, 3.8) is 0 Å². The summed E-state index contributed by atoms with van der Waals surface area (Å²) < 4.78 is 26.7. The highest BCUT2D eigenvalue weighted by atomic mass is 32.2. The van der Waals surface area contributed by atoms with E-state index >= 15 is 0 Å². The minimum Gasteiger partial charge on any atom is -0.340 e. The van der Waals surface area contributed by atoms with Crippen molar-refractivity contribution in [2.75, 3.05) is 26.2 Å². The molecule has 7 heteroatoms. The van der Waals surface area contributed by atoms with Gasteiger partial charge in [0, 0.05) is 31.6 Å². The van der Waals surface area contributed by atoms with Crippen molar-refractivity contribution in [1.29, 1.82) is 5.26 Å². The summed E-state index contributed by atoms with van der Waals surface area (Å²) in [4.78, 5) is 14.1. The van der Waals surface area contributed by atoms with Crippen LogP contribution in [0.25, 0.3) is 0 Å². The molecule has 0 N–H and O–H groups in total. The number of carbonyl (C=O) groups excluding carboxylic acids is 1. The van der Waals surface area contributed by atoms with Crippen molar-refractivity contribution < 1.29 is 13.2 Å². The number of benzene rings is 1. The van der Waals surface area contributed by atoms with E-state index in [1.165, 1.54) is 16.4 Å². The molecule has 2 rings (SSSR count). The van der Waals surface area contributed by atoms with Crippen LogP contribution in [0.2, 0.25) is 0 Å². The molecule has 0 unspecified atom stereocenters. The average Bonchev–Trinajstić information content (AvgIpc) is 2.53. The van der Waals surface area contributed by atoms with E-state index in [-0.39, 0.29) is 23.9 Å². The van der Waals surface area contributed by atoms with Crippen LogP contribution < -0.4 is 0 Å². The number of hydrogen-bond acceptors (Lipinski definition) is 4. The van der Waals surface area contributed by atoms with E-state index in [4.69, 9.17) is 5.26 Å². The van der Waals surface area contributed by atoms with Crippen LogP contribution in [0.1, 0.15) is 26.3 Å². The van der Waals surface area contributed by atoms with Gasteiger partial charge in [-0.15, -0.1) is 0 Å². The molecule has 0 spiro atoms. The van der Waals surface area contributed by atoms with E-state index in [1.807, 2.05) is 26.8 Å². The molecule has 0 aliphatic carbocycles. The lowest BCUT2D eigenvalue weighted by atomic mass is 9.94. The number of nitrogens with zero attached hydrogens (tertiary/aromatic N) is 3. The van der Waals surface area contributed by atoms with Crippen LogP contribution in [0.15, 0.2) is 29.2 Å². The summed E-state index contributed by atoms with van der Waals surface area (Å²) in [5.74, 6) is 0.0287. The quantitative estimate of drug-likeness (QED) is 0.819. The van der Waals surface area contributed by atoms with E-state index < -0.39 is 15.4 Å². The second-order valence-corrected chi connectivity index (χ2v) is 8.52. The van der Waals surface area contributed by atoms with Gasteiger partial charge in [-0.2, -0.15) is 9.57 Å². The predicted octanol–water partition coefficient (Wildman–Crippen LogP) is 1.44. The zero-order valence-corrected chi connectivity index (χ0v) is 14.4. The van der Waals surface area contributed by atoms with Gasteiger partial charge in [-0.05, 0) is 18.2 Å². The Labute approximate surface area is 137 Å². The molecule has 0 atom stereocenters. The molecule has 0 saturated carbocycles. The Hall–Kier alpha value is -1.91. The van der Waals surface area contributed by atoms with Crippen LogP contribution in [0.5, 0.6) is 0 Å². The normalized spacial score (nSPS) is 16.9. The molecule has 0 radical (unpaired) electrons. The zero-order chi connectivity index (χ0) is 17.3. The first kappa shape index (κ1) is 17.4. The van der Waals surface area contributed by atoms with Crippen LogP contribution in [0.3, 0.4) is 0 Å². The van der Waals surface area contributed by atoms with Gasteiger partial charge < -0.3 is 4.90 Å². The molecule has 1 aromatic carbocycles. The van der Waals surface area contributed by atoms with Crippen molar-refractivity contribution in [1.82, 2.24) is 9.21 Å². The van der Waals surface area contributed by atoms with Gasteiger partial charge in [0.05, 0.1) is 16.5 Å². The monoisotopic (exact) mass is 335 g/mol. The summed E-state index contributed by atoms with van der Waals surface area (Å²) in [7, 11) is -3.63. The molecule has 1 aliphatic rings. The van der Waals surface area contributed by atoms with Crippen molar-refractivity contribution >= 4 is 15.9 Å². The third-order valence-corrected chi connectivity index (χ3v) is 5.66. The molecule has 1 fully saturated rings. The number of piperazine rings is 1. The Balaban J connectivity index is 2.13. The standard InChI is InChI=1S/C16H21N3O3S/c1-16(2,3)15(20)18-7-9-19(10-8-18)23(21,22)14-6-4-5-13(11-14)12-17/h4-6,11H,7-10H2,1-3H3. The fraction of sp³-hybridized carbons (Fsp3) is 0.500. The second-order valence-electron chi connectivity index (χ2n) is 6.59. The number of nitriles is 1. The number of rotatable bonds is 2. The maximum Gasteiger partial charge on any atom is 0.243 e. The fourth-order valence-electron chi connectivity index (χ4n) is 2.48. The molecule has 0 bridgehead atoms. The van der Waals surface area contributed by atoms with Crippen molar-refractivity contribution in [3.05, 3.63) is 29.8 Å². The number of amides is 1. The maximum atomic E-state index is 12.6. The molecule has 1 aromatic rings. The Bertz CT molecular complexity index is 737. The topological polar surface area (TPSA) is 81.5 Å². The van der Waals surface area contributed by atoms with Gasteiger partial charge in [-0.25, -0.2) is 8.42 Å². The van der Waals surface area contributed by atoms with E-state index in [0.29, 0.717) is 18.7 Å². The van der Waals surface area contributed by atoms with Gasteiger partial charge in [-0.3, -0.25) is 4.79 Å². The van der Waals surface area contributed by atoms with E-state index in [2.05, 4.69) is 0 Å². The summed E-state index contributed by atoms with van der Waals surface area (Å²) in [6.07, 6.45) is 0. The summed E-state index contributed by atoms with van der Waals surface area (Å²) in [6, 6.07) is 7.94. The number of hydrogen-bond donors (Lipinski definition) is 0. The highest BCUT2D eigenvalue weighted by Gasteiger charge is 2.33. The summed E-state index contributed by atoms with van der Waals surface area (Å²) >= 11 is 0. The fourth-order valence-corrected chi connectivity index (χ4v) is 3.95. The number of carbonyl (C=O) groups is 1. The molecule has 1 saturated heterocycles. The third kappa shape index (κ3) is 3.71. The van der Waals surface area contributed by atoms with Crippen LogP contribution in [0, 0.1) is 16.7 Å². The SMILES string of the molecule is CC(C)(C)C(=O)N1CCN(S(=O)(=O)c2cccc(C#N)c2)CC1. The van der Waals surface area contributed by atoms with Crippen LogP contribution in [-0.2, 0) is 14.8 Å².